The van der Waals surface area contributed by atoms with Crippen molar-refractivity contribution in [2.24, 2.45) is 0 Å². The van der Waals surface area contributed by atoms with Gasteiger partial charge in [0.05, 0.1) is 12.2 Å². The number of carbonyl (C=O) groups excluding carboxylic acids is 1. The van der Waals surface area contributed by atoms with E-state index >= 15 is 0 Å². The Hall–Kier alpha value is -2.89. The number of carbonyl (C=O) groups is 1. The minimum atomic E-state index is -0.278. The fraction of sp³-hybridized carbons (Fsp3) is 0.278. The molecule has 1 aliphatic rings. The van der Waals surface area contributed by atoms with Crippen molar-refractivity contribution in [3.8, 4) is 0 Å². The summed E-state index contributed by atoms with van der Waals surface area (Å²) in [6, 6.07) is 13.6. The van der Waals surface area contributed by atoms with Crippen LogP contribution in [0.4, 0.5) is 5.82 Å². The molecule has 6 nitrogen and oxygen atoms in total. The van der Waals surface area contributed by atoms with Crippen LogP contribution in [-0.4, -0.2) is 20.8 Å². The van der Waals surface area contributed by atoms with Gasteiger partial charge in [-0.15, -0.1) is 0 Å². The molecule has 0 radical (unpaired) electrons. The zero-order valence-electron chi connectivity index (χ0n) is 13.4. The molecule has 2 aromatic heterocycles. The predicted octanol–water partition coefficient (Wildman–Crippen LogP) is 3.36. The second-order valence-corrected chi connectivity index (χ2v) is 6.16. The third kappa shape index (κ3) is 3.08. The average molecular weight is 322 g/mol. The summed E-state index contributed by atoms with van der Waals surface area (Å²) < 4.78 is 7.03. The van der Waals surface area contributed by atoms with Gasteiger partial charge in [-0.2, -0.15) is 5.10 Å². The number of hydrogen-bond donors (Lipinski definition) is 1. The van der Waals surface area contributed by atoms with Gasteiger partial charge in [0.15, 0.2) is 5.69 Å². The highest BCUT2D eigenvalue weighted by Gasteiger charge is 2.29. The zero-order chi connectivity index (χ0) is 16.5. The maximum atomic E-state index is 12.4. The van der Waals surface area contributed by atoms with Crippen molar-refractivity contribution in [3.05, 3.63) is 65.2 Å². The van der Waals surface area contributed by atoms with Gasteiger partial charge in [0.2, 0.25) is 0 Å². The smallest absolute Gasteiger partial charge is 0.278 e. The standard InChI is InChI=1S/C18H18N4O2/c1-12-9-17(22(20-12)11-13-5-3-2-4-6-13)19-18(23)15-10-16(24-21-15)14-7-8-14/h2-6,9-10,14H,7-8,11H2,1H3,(H,19,23). The van der Waals surface area contributed by atoms with E-state index in [2.05, 4.69) is 15.6 Å². The Balaban J connectivity index is 1.52. The van der Waals surface area contributed by atoms with Crippen LogP contribution in [0.5, 0.6) is 0 Å². The van der Waals surface area contributed by atoms with Crippen LogP contribution in [0.25, 0.3) is 0 Å². The molecular formula is C18H18N4O2. The van der Waals surface area contributed by atoms with E-state index in [1.54, 1.807) is 10.7 Å². The number of aryl methyl sites for hydroxylation is 1. The summed E-state index contributed by atoms with van der Waals surface area (Å²) in [6.45, 7) is 2.49. The molecule has 1 aromatic carbocycles. The van der Waals surface area contributed by atoms with E-state index in [-0.39, 0.29) is 5.91 Å². The molecule has 2 heterocycles. The highest BCUT2D eigenvalue weighted by atomic mass is 16.5. The molecule has 1 aliphatic carbocycles. The van der Waals surface area contributed by atoms with Gasteiger partial charge in [-0.05, 0) is 25.3 Å². The number of anilines is 1. The Bertz CT molecular complexity index is 862. The van der Waals surface area contributed by atoms with Crippen LogP contribution >= 0.6 is 0 Å². The SMILES string of the molecule is Cc1cc(NC(=O)c2cc(C3CC3)on2)n(Cc2ccccc2)n1. The van der Waals surface area contributed by atoms with E-state index in [4.69, 9.17) is 4.52 Å². The van der Waals surface area contributed by atoms with Gasteiger partial charge >= 0.3 is 0 Å². The lowest BCUT2D eigenvalue weighted by Crippen LogP contribution is -2.16. The molecule has 0 unspecified atom stereocenters. The van der Waals surface area contributed by atoms with Crippen LogP contribution in [0.15, 0.2) is 47.0 Å². The van der Waals surface area contributed by atoms with E-state index in [1.807, 2.05) is 43.3 Å². The Kier molecular flexibility index (Phi) is 3.65. The second-order valence-electron chi connectivity index (χ2n) is 6.16. The first kappa shape index (κ1) is 14.7. The molecule has 0 aliphatic heterocycles. The number of amides is 1. The number of aromatic nitrogens is 3. The molecule has 122 valence electrons. The van der Waals surface area contributed by atoms with Crippen LogP contribution in [0, 0.1) is 6.92 Å². The second kappa shape index (κ2) is 5.96. The number of nitrogens with one attached hydrogen (secondary N) is 1. The molecule has 0 bridgehead atoms. The van der Waals surface area contributed by atoms with Crippen molar-refractivity contribution in [2.75, 3.05) is 5.32 Å². The van der Waals surface area contributed by atoms with E-state index < -0.39 is 0 Å². The van der Waals surface area contributed by atoms with Gasteiger partial charge < -0.3 is 9.84 Å². The van der Waals surface area contributed by atoms with E-state index in [9.17, 15) is 4.79 Å². The van der Waals surface area contributed by atoms with E-state index in [0.717, 1.165) is 29.9 Å². The van der Waals surface area contributed by atoms with Crippen molar-refractivity contribution >= 4 is 11.7 Å². The monoisotopic (exact) mass is 322 g/mol. The van der Waals surface area contributed by atoms with Gasteiger partial charge in [-0.3, -0.25) is 4.79 Å². The summed E-state index contributed by atoms with van der Waals surface area (Å²) in [5, 5.41) is 11.2. The predicted molar refractivity (Wildman–Crippen MR) is 88.9 cm³/mol. The summed E-state index contributed by atoms with van der Waals surface area (Å²) in [5.74, 6) is 1.61. The molecule has 1 amide bonds. The first-order chi connectivity index (χ1) is 11.7. The maximum Gasteiger partial charge on any atom is 0.278 e. The molecule has 1 saturated carbocycles. The van der Waals surface area contributed by atoms with Gasteiger partial charge in [0, 0.05) is 18.1 Å². The molecule has 0 atom stereocenters. The molecule has 3 aromatic rings. The highest BCUT2D eigenvalue weighted by Crippen LogP contribution is 2.40. The molecular weight excluding hydrogens is 304 g/mol. The van der Waals surface area contributed by atoms with Crippen molar-refractivity contribution in [1.29, 1.82) is 0 Å². The molecule has 0 spiro atoms. The lowest BCUT2D eigenvalue weighted by Gasteiger charge is -2.08. The minimum Gasteiger partial charge on any atom is -0.360 e. The first-order valence-electron chi connectivity index (χ1n) is 8.05. The van der Waals surface area contributed by atoms with Crippen LogP contribution in [0.3, 0.4) is 0 Å². The average Bonchev–Trinajstić information content (AvgIpc) is 3.21. The molecule has 4 rings (SSSR count). The Labute approximate surface area is 139 Å². The summed E-state index contributed by atoms with van der Waals surface area (Å²) >= 11 is 0. The third-order valence-corrected chi connectivity index (χ3v) is 4.06. The number of hydrogen-bond acceptors (Lipinski definition) is 4. The topological polar surface area (TPSA) is 73.0 Å². The highest BCUT2D eigenvalue weighted by molar-refractivity contribution is 6.02. The van der Waals surface area contributed by atoms with Gasteiger partial charge in [0.1, 0.15) is 11.6 Å². The minimum absolute atomic E-state index is 0.278. The van der Waals surface area contributed by atoms with E-state index in [1.165, 1.54) is 0 Å². The van der Waals surface area contributed by atoms with Crippen LogP contribution in [0.2, 0.25) is 0 Å². The molecule has 1 fully saturated rings. The van der Waals surface area contributed by atoms with Gasteiger partial charge in [0.25, 0.3) is 5.91 Å². The molecule has 24 heavy (non-hydrogen) atoms. The van der Waals surface area contributed by atoms with Crippen molar-refractivity contribution in [1.82, 2.24) is 14.9 Å². The van der Waals surface area contributed by atoms with Crippen LogP contribution in [-0.2, 0) is 6.54 Å². The lowest BCUT2D eigenvalue weighted by molar-refractivity contribution is 0.101. The zero-order valence-corrected chi connectivity index (χ0v) is 13.4. The number of benzene rings is 1. The van der Waals surface area contributed by atoms with Crippen molar-refractivity contribution in [3.63, 3.8) is 0 Å². The van der Waals surface area contributed by atoms with E-state index in [0.29, 0.717) is 24.0 Å². The quantitative estimate of drug-likeness (QED) is 0.782. The Morgan fingerprint density at radius 2 is 2.08 bits per heavy atom. The summed E-state index contributed by atoms with van der Waals surface area (Å²) in [4.78, 5) is 12.4. The lowest BCUT2D eigenvalue weighted by atomic mass is 10.2. The fourth-order valence-corrected chi connectivity index (χ4v) is 2.66. The van der Waals surface area contributed by atoms with Gasteiger partial charge in [-0.25, -0.2) is 4.68 Å². The Morgan fingerprint density at radius 1 is 1.29 bits per heavy atom. The normalized spacial score (nSPS) is 13.9. The first-order valence-corrected chi connectivity index (χ1v) is 8.05. The number of nitrogens with zero attached hydrogens (tertiary/aromatic N) is 3. The fourth-order valence-electron chi connectivity index (χ4n) is 2.66. The summed E-state index contributed by atoms with van der Waals surface area (Å²) in [6.07, 6.45) is 2.22. The van der Waals surface area contributed by atoms with Crippen LogP contribution < -0.4 is 5.32 Å². The van der Waals surface area contributed by atoms with Crippen molar-refractivity contribution in [2.45, 2.75) is 32.2 Å². The van der Waals surface area contributed by atoms with Crippen molar-refractivity contribution < 1.29 is 9.32 Å². The summed E-state index contributed by atoms with van der Waals surface area (Å²) in [5.41, 5.74) is 2.27. The third-order valence-electron chi connectivity index (χ3n) is 4.06. The molecule has 0 saturated heterocycles. The Morgan fingerprint density at radius 3 is 2.83 bits per heavy atom. The van der Waals surface area contributed by atoms with Gasteiger partial charge in [-0.1, -0.05) is 35.5 Å². The van der Waals surface area contributed by atoms with Crippen LogP contribution in [0.1, 0.15) is 46.3 Å². The summed E-state index contributed by atoms with van der Waals surface area (Å²) in [7, 11) is 0. The largest absolute Gasteiger partial charge is 0.360 e. The number of rotatable bonds is 5. The molecule has 6 heteroatoms. The maximum absolute atomic E-state index is 12.4. The molecule has 1 N–H and O–H groups in total.